The summed E-state index contributed by atoms with van der Waals surface area (Å²) in [5.41, 5.74) is 3.41. The van der Waals surface area contributed by atoms with Crippen molar-refractivity contribution in [2.75, 3.05) is 56.6 Å². The molecule has 4 aromatic rings. The smallest absolute Gasteiger partial charge is 0.236 e. The van der Waals surface area contributed by atoms with E-state index in [2.05, 4.69) is 16.7 Å². The van der Waals surface area contributed by atoms with Crippen LogP contribution in [0.4, 0.5) is 21.2 Å². The van der Waals surface area contributed by atoms with Crippen molar-refractivity contribution < 1.29 is 9.18 Å². The minimum absolute atomic E-state index is 0.154. The Hall–Kier alpha value is -3.57. The number of thiazole rings is 1. The maximum atomic E-state index is 13.4. The first-order chi connectivity index (χ1) is 18.7. The van der Waals surface area contributed by atoms with Gasteiger partial charge in [0.1, 0.15) is 11.6 Å². The molecule has 1 aliphatic heterocycles. The Labute approximate surface area is 232 Å². The van der Waals surface area contributed by atoms with E-state index in [4.69, 9.17) is 15.1 Å². The second-order valence-corrected chi connectivity index (χ2v) is 11.0. The number of piperazine rings is 1. The number of hydrogen-bond donors (Lipinski definition) is 0. The summed E-state index contributed by atoms with van der Waals surface area (Å²) in [6.45, 7) is 9.79. The van der Waals surface area contributed by atoms with E-state index in [9.17, 15) is 9.18 Å². The van der Waals surface area contributed by atoms with Gasteiger partial charge in [0.25, 0.3) is 0 Å². The van der Waals surface area contributed by atoms with E-state index in [-0.39, 0.29) is 17.8 Å². The highest BCUT2D eigenvalue weighted by Gasteiger charge is 2.24. The molecule has 0 bridgehead atoms. The number of nitrogens with zero attached hydrogens (tertiary/aromatic N) is 8. The van der Waals surface area contributed by atoms with Gasteiger partial charge in [-0.1, -0.05) is 6.92 Å². The summed E-state index contributed by atoms with van der Waals surface area (Å²) < 4.78 is 15.3. The molecule has 206 valence electrons. The van der Waals surface area contributed by atoms with Gasteiger partial charge in [-0.05, 0) is 56.7 Å². The molecule has 0 unspecified atom stereocenters. The molecule has 4 heterocycles. The number of likely N-dealkylation sites (N-methyl/N-ethyl adjacent to an activating group) is 1. The average Bonchev–Trinajstić information content (AvgIpc) is 3.58. The normalized spacial score (nSPS) is 14.4. The van der Waals surface area contributed by atoms with Crippen molar-refractivity contribution in [3.8, 4) is 11.3 Å². The molecule has 39 heavy (non-hydrogen) atoms. The van der Waals surface area contributed by atoms with Crippen LogP contribution in [-0.2, 0) is 11.2 Å². The standard InChI is InChI=1S/C28H35FN8OS/c1-6-22-27(34(5)28-31-23(18-39-28)20-7-9-21(29)10-8-20)37-24(30-22)11-12-25(32-37)36-15-13-35(14-16-36)17-26(38)33(4)19(2)3/h7-12,18-19H,6,13-17H2,1-5H3. The van der Waals surface area contributed by atoms with Gasteiger partial charge in [-0.3, -0.25) is 9.69 Å². The predicted molar refractivity (Wildman–Crippen MR) is 154 cm³/mol. The van der Waals surface area contributed by atoms with Crippen LogP contribution in [0.2, 0.25) is 0 Å². The quantitative estimate of drug-likeness (QED) is 0.324. The van der Waals surface area contributed by atoms with Crippen LogP contribution in [0.1, 0.15) is 26.5 Å². The van der Waals surface area contributed by atoms with Crippen LogP contribution in [0.5, 0.6) is 0 Å². The molecular weight excluding hydrogens is 515 g/mol. The lowest BCUT2D eigenvalue weighted by atomic mass is 10.2. The number of halogens is 1. The van der Waals surface area contributed by atoms with Gasteiger partial charge in [0.15, 0.2) is 16.6 Å². The highest BCUT2D eigenvalue weighted by molar-refractivity contribution is 7.14. The molecule has 0 radical (unpaired) electrons. The Kier molecular flexibility index (Phi) is 7.81. The minimum Gasteiger partial charge on any atom is -0.353 e. The van der Waals surface area contributed by atoms with Crippen molar-refractivity contribution in [2.45, 2.75) is 33.2 Å². The van der Waals surface area contributed by atoms with Crippen molar-refractivity contribution in [3.05, 3.63) is 53.3 Å². The van der Waals surface area contributed by atoms with E-state index in [0.29, 0.717) is 6.54 Å². The molecule has 1 amide bonds. The first-order valence-corrected chi connectivity index (χ1v) is 14.2. The third kappa shape index (κ3) is 5.60. The number of benzene rings is 1. The fraction of sp³-hybridized carbons (Fsp3) is 0.429. The van der Waals surface area contributed by atoms with Crippen LogP contribution in [0, 0.1) is 5.82 Å². The summed E-state index contributed by atoms with van der Waals surface area (Å²) in [4.78, 5) is 30.5. The van der Waals surface area contributed by atoms with E-state index in [0.717, 1.165) is 72.0 Å². The van der Waals surface area contributed by atoms with Crippen LogP contribution >= 0.6 is 11.3 Å². The van der Waals surface area contributed by atoms with Gasteiger partial charge >= 0.3 is 0 Å². The lowest BCUT2D eigenvalue weighted by Gasteiger charge is -2.36. The topological polar surface area (TPSA) is 73.1 Å². The molecular formula is C28H35FN8OS. The maximum Gasteiger partial charge on any atom is 0.236 e. The number of carbonyl (C=O) groups is 1. The molecule has 0 N–H and O–H groups in total. The Morgan fingerprint density at radius 3 is 2.44 bits per heavy atom. The van der Waals surface area contributed by atoms with Crippen molar-refractivity contribution in [3.63, 3.8) is 0 Å². The first kappa shape index (κ1) is 27.0. The Morgan fingerprint density at radius 1 is 1.05 bits per heavy atom. The van der Waals surface area contributed by atoms with Crippen LogP contribution in [-0.4, -0.2) is 88.2 Å². The zero-order chi connectivity index (χ0) is 27.7. The maximum absolute atomic E-state index is 13.4. The van der Waals surface area contributed by atoms with Gasteiger partial charge in [-0.25, -0.2) is 14.4 Å². The minimum atomic E-state index is -0.264. The molecule has 0 aliphatic carbocycles. The number of aromatic nitrogens is 4. The number of anilines is 3. The van der Waals surface area contributed by atoms with Crippen LogP contribution in [0.15, 0.2) is 41.8 Å². The molecule has 1 aromatic carbocycles. The van der Waals surface area contributed by atoms with Crippen molar-refractivity contribution in [1.82, 2.24) is 29.4 Å². The molecule has 1 fully saturated rings. The van der Waals surface area contributed by atoms with E-state index < -0.39 is 0 Å². The number of carbonyl (C=O) groups excluding carboxylic acids is 1. The number of hydrogen-bond acceptors (Lipinski definition) is 8. The number of amides is 1. The van der Waals surface area contributed by atoms with E-state index in [1.54, 1.807) is 17.0 Å². The molecule has 3 aromatic heterocycles. The molecule has 0 atom stereocenters. The molecule has 1 saturated heterocycles. The Morgan fingerprint density at radius 2 is 1.77 bits per heavy atom. The Balaban J connectivity index is 1.35. The highest BCUT2D eigenvalue weighted by Crippen LogP contribution is 2.33. The monoisotopic (exact) mass is 550 g/mol. The molecule has 1 aliphatic rings. The first-order valence-electron chi connectivity index (χ1n) is 13.3. The second kappa shape index (κ2) is 11.3. The summed E-state index contributed by atoms with van der Waals surface area (Å²) in [5, 5.41) is 7.80. The molecule has 0 spiro atoms. The fourth-order valence-corrected chi connectivity index (χ4v) is 5.49. The SMILES string of the molecule is CCc1nc2ccc(N3CCN(CC(=O)N(C)C(C)C)CC3)nn2c1N(C)c1nc(-c2ccc(F)cc2)cs1. The van der Waals surface area contributed by atoms with Gasteiger partial charge in [0.05, 0.1) is 17.9 Å². The van der Waals surface area contributed by atoms with E-state index in [1.807, 2.05) is 54.9 Å². The van der Waals surface area contributed by atoms with E-state index in [1.165, 1.54) is 23.5 Å². The number of imidazole rings is 1. The van der Waals surface area contributed by atoms with Crippen LogP contribution < -0.4 is 9.80 Å². The van der Waals surface area contributed by atoms with Crippen LogP contribution in [0.3, 0.4) is 0 Å². The molecule has 11 heteroatoms. The highest BCUT2D eigenvalue weighted by atomic mass is 32.1. The second-order valence-electron chi connectivity index (χ2n) is 10.1. The average molecular weight is 551 g/mol. The summed E-state index contributed by atoms with van der Waals surface area (Å²) in [7, 11) is 3.84. The predicted octanol–water partition coefficient (Wildman–Crippen LogP) is 4.31. The fourth-order valence-electron chi connectivity index (χ4n) is 4.69. The lowest BCUT2D eigenvalue weighted by molar-refractivity contribution is -0.132. The summed E-state index contributed by atoms with van der Waals surface area (Å²) in [6, 6.07) is 10.6. The summed E-state index contributed by atoms with van der Waals surface area (Å²) in [6.07, 6.45) is 0.756. The van der Waals surface area contributed by atoms with Crippen LogP contribution in [0.25, 0.3) is 16.9 Å². The summed E-state index contributed by atoms with van der Waals surface area (Å²) in [5.74, 6) is 1.66. The number of fused-ring (bicyclic) bond motifs is 1. The number of rotatable bonds is 8. The van der Waals surface area contributed by atoms with Gasteiger partial charge in [0, 0.05) is 57.3 Å². The largest absolute Gasteiger partial charge is 0.353 e. The van der Waals surface area contributed by atoms with Gasteiger partial charge in [-0.2, -0.15) is 4.52 Å². The lowest BCUT2D eigenvalue weighted by Crippen LogP contribution is -2.50. The molecule has 5 rings (SSSR count). The van der Waals surface area contributed by atoms with Crippen molar-refractivity contribution in [1.29, 1.82) is 0 Å². The molecule has 0 saturated carbocycles. The summed E-state index contributed by atoms with van der Waals surface area (Å²) >= 11 is 1.53. The third-order valence-corrected chi connectivity index (χ3v) is 8.22. The number of aryl methyl sites for hydroxylation is 1. The van der Waals surface area contributed by atoms with Gasteiger partial charge in [-0.15, -0.1) is 16.4 Å². The van der Waals surface area contributed by atoms with E-state index >= 15 is 0 Å². The third-order valence-electron chi connectivity index (χ3n) is 7.30. The Bertz CT molecular complexity index is 1440. The van der Waals surface area contributed by atoms with Crippen molar-refractivity contribution in [2.24, 2.45) is 0 Å². The van der Waals surface area contributed by atoms with Gasteiger partial charge in [0.2, 0.25) is 5.91 Å². The molecule has 9 nitrogen and oxygen atoms in total. The van der Waals surface area contributed by atoms with Crippen molar-refractivity contribution >= 4 is 39.7 Å². The zero-order valence-electron chi connectivity index (χ0n) is 23.1. The van der Waals surface area contributed by atoms with Gasteiger partial charge < -0.3 is 14.7 Å². The zero-order valence-corrected chi connectivity index (χ0v) is 24.0.